The fourth-order valence-corrected chi connectivity index (χ4v) is 3.18. The second kappa shape index (κ2) is 9.34. The van der Waals surface area contributed by atoms with E-state index < -0.39 is 12.5 Å². The average molecular weight is 436 g/mol. The summed E-state index contributed by atoms with van der Waals surface area (Å²) in [6.45, 7) is 4.04. The predicted octanol–water partition coefficient (Wildman–Crippen LogP) is 2.66. The van der Waals surface area contributed by atoms with Crippen molar-refractivity contribution in [3.8, 4) is 11.4 Å². The van der Waals surface area contributed by atoms with Gasteiger partial charge in [0, 0.05) is 19.5 Å². The molecule has 1 aromatic heterocycles. The Morgan fingerprint density at radius 3 is 2.31 bits per heavy atom. The summed E-state index contributed by atoms with van der Waals surface area (Å²) in [5, 5.41) is 5.20. The fourth-order valence-electron chi connectivity index (χ4n) is 3.18. The molecule has 0 atom stereocenters. The highest BCUT2D eigenvalue weighted by atomic mass is 16.5. The Bertz CT molecular complexity index is 1240. The number of anilines is 2. The third-order valence-electron chi connectivity index (χ3n) is 4.88. The number of Topliss-reactive ketones (excluding diaryl/α,β-unsaturated/α-hetero) is 1. The zero-order valence-corrected chi connectivity index (χ0v) is 18.3. The molecule has 0 aliphatic carbocycles. The van der Waals surface area contributed by atoms with Crippen molar-refractivity contribution in [3.63, 3.8) is 0 Å². The van der Waals surface area contributed by atoms with Crippen LogP contribution in [0.15, 0.2) is 53.3 Å². The molecule has 0 fully saturated rings. The molecule has 0 bridgehead atoms. The summed E-state index contributed by atoms with van der Waals surface area (Å²) in [5.74, 6) is -0.890. The molecular formula is C23H24N4O5. The van der Waals surface area contributed by atoms with Gasteiger partial charge in [-0.05, 0) is 44.2 Å². The summed E-state index contributed by atoms with van der Waals surface area (Å²) in [5.41, 5.74) is 1.72. The van der Waals surface area contributed by atoms with E-state index in [1.165, 1.54) is 30.7 Å². The third-order valence-corrected chi connectivity index (χ3v) is 4.88. The molecule has 32 heavy (non-hydrogen) atoms. The Balaban J connectivity index is 1.80. The lowest BCUT2D eigenvalue weighted by Gasteiger charge is -2.13. The average Bonchev–Trinajstić information content (AvgIpc) is 2.96. The standard InChI is InChI=1S/C23H24N4O5/c1-14-22(23(31)27(26(14)4)18-8-6-5-7-9-18)25-21(30)13-32-20-12-17(15(2)28)10-11-19(20)24-16(3)29/h5-12H,13H2,1-4H3,(H,24,29)(H,25,30). The van der Waals surface area contributed by atoms with Crippen molar-refractivity contribution >= 4 is 29.0 Å². The summed E-state index contributed by atoms with van der Waals surface area (Å²) in [7, 11) is 1.73. The van der Waals surface area contributed by atoms with E-state index in [0.717, 1.165) is 0 Å². The Morgan fingerprint density at radius 2 is 1.69 bits per heavy atom. The summed E-state index contributed by atoms with van der Waals surface area (Å²) in [6, 6.07) is 13.6. The number of ether oxygens (including phenoxy) is 1. The van der Waals surface area contributed by atoms with Crippen molar-refractivity contribution in [2.45, 2.75) is 20.8 Å². The van der Waals surface area contributed by atoms with Crippen LogP contribution in [0, 0.1) is 6.92 Å². The maximum Gasteiger partial charge on any atom is 0.295 e. The number of amides is 2. The van der Waals surface area contributed by atoms with Crippen molar-refractivity contribution < 1.29 is 19.1 Å². The van der Waals surface area contributed by atoms with E-state index in [9.17, 15) is 19.2 Å². The van der Waals surface area contributed by atoms with Crippen LogP contribution in [0.2, 0.25) is 0 Å². The molecule has 0 aliphatic heterocycles. The van der Waals surface area contributed by atoms with Crippen LogP contribution in [0.25, 0.3) is 5.69 Å². The molecular weight excluding hydrogens is 412 g/mol. The fraction of sp³-hybridized carbons (Fsp3) is 0.217. The molecule has 0 radical (unpaired) electrons. The van der Waals surface area contributed by atoms with E-state index in [2.05, 4.69) is 10.6 Å². The normalized spacial score (nSPS) is 10.5. The summed E-state index contributed by atoms with van der Waals surface area (Å²) < 4.78 is 8.68. The second-order valence-electron chi connectivity index (χ2n) is 7.22. The maximum atomic E-state index is 12.9. The summed E-state index contributed by atoms with van der Waals surface area (Å²) >= 11 is 0. The molecule has 2 amide bonds. The van der Waals surface area contributed by atoms with Gasteiger partial charge in [-0.15, -0.1) is 0 Å². The van der Waals surface area contributed by atoms with Crippen molar-refractivity contribution in [2.75, 3.05) is 17.2 Å². The first-order valence-corrected chi connectivity index (χ1v) is 9.88. The molecule has 0 aliphatic rings. The number of rotatable bonds is 7. The molecule has 166 valence electrons. The number of hydrogen-bond donors (Lipinski definition) is 2. The molecule has 2 N–H and O–H groups in total. The predicted molar refractivity (Wildman–Crippen MR) is 121 cm³/mol. The number of ketones is 1. The largest absolute Gasteiger partial charge is 0.482 e. The van der Waals surface area contributed by atoms with Gasteiger partial charge in [-0.25, -0.2) is 4.68 Å². The lowest BCUT2D eigenvalue weighted by Crippen LogP contribution is -2.26. The molecule has 9 heteroatoms. The molecule has 0 spiro atoms. The first-order chi connectivity index (χ1) is 15.2. The molecule has 0 saturated carbocycles. The highest BCUT2D eigenvalue weighted by Gasteiger charge is 2.19. The van der Waals surface area contributed by atoms with Gasteiger partial charge in [0.25, 0.3) is 11.5 Å². The van der Waals surface area contributed by atoms with Crippen LogP contribution in [0.5, 0.6) is 5.75 Å². The van der Waals surface area contributed by atoms with Gasteiger partial charge in [0.05, 0.1) is 17.1 Å². The first kappa shape index (κ1) is 22.5. The Kier molecular flexibility index (Phi) is 6.58. The highest BCUT2D eigenvalue weighted by molar-refractivity contribution is 5.97. The van der Waals surface area contributed by atoms with E-state index in [1.807, 2.05) is 18.2 Å². The minimum Gasteiger partial charge on any atom is -0.482 e. The number of benzene rings is 2. The molecule has 0 unspecified atom stereocenters. The van der Waals surface area contributed by atoms with Gasteiger partial charge in [0.15, 0.2) is 12.4 Å². The van der Waals surface area contributed by atoms with Gasteiger partial charge in [0.2, 0.25) is 5.91 Å². The van der Waals surface area contributed by atoms with Gasteiger partial charge in [-0.2, -0.15) is 0 Å². The quantitative estimate of drug-likeness (QED) is 0.553. The number of hydrogen-bond acceptors (Lipinski definition) is 5. The van der Waals surface area contributed by atoms with Gasteiger partial charge in [-0.3, -0.25) is 23.9 Å². The summed E-state index contributed by atoms with van der Waals surface area (Å²) in [4.78, 5) is 48.6. The number of para-hydroxylation sites is 1. The van der Waals surface area contributed by atoms with E-state index in [0.29, 0.717) is 22.6 Å². The zero-order chi connectivity index (χ0) is 23.4. The minimum absolute atomic E-state index is 0.143. The lowest BCUT2D eigenvalue weighted by atomic mass is 10.1. The van der Waals surface area contributed by atoms with Crippen LogP contribution in [-0.2, 0) is 16.6 Å². The van der Waals surface area contributed by atoms with E-state index in [-0.39, 0.29) is 28.7 Å². The van der Waals surface area contributed by atoms with E-state index in [4.69, 9.17) is 4.74 Å². The van der Waals surface area contributed by atoms with Crippen molar-refractivity contribution in [2.24, 2.45) is 7.05 Å². The minimum atomic E-state index is -0.557. The number of aromatic nitrogens is 2. The number of nitrogens with zero attached hydrogens (tertiary/aromatic N) is 2. The Labute approximate surface area is 184 Å². The van der Waals surface area contributed by atoms with Gasteiger partial charge < -0.3 is 15.4 Å². The maximum absolute atomic E-state index is 12.9. The molecule has 2 aromatic carbocycles. The van der Waals surface area contributed by atoms with Crippen LogP contribution in [-0.4, -0.2) is 33.6 Å². The van der Waals surface area contributed by atoms with Crippen LogP contribution in [0.1, 0.15) is 29.9 Å². The van der Waals surface area contributed by atoms with Crippen molar-refractivity contribution in [1.82, 2.24) is 9.36 Å². The molecule has 1 heterocycles. The molecule has 9 nitrogen and oxygen atoms in total. The van der Waals surface area contributed by atoms with Crippen LogP contribution < -0.4 is 20.9 Å². The first-order valence-electron chi connectivity index (χ1n) is 9.88. The monoisotopic (exact) mass is 436 g/mol. The van der Waals surface area contributed by atoms with Crippen LogP contribution in [0.3, 0.4) is 0 Å². The number of nitrogens with one attached hydrogen (secondary N) is 2. The van der Waals surface area contributed by atoms with Crippen LogP contribution >= 0.6 is 0 Å². The second-order valence-corrected chi connectivity index (χ2v) is 7.22. The van der Waals surface area contributed by atoms with Crippen molar-refractivity contribution in [3.05, 3.63) is 70.1 Å². The summed E-state index contributed by atoms with van der Waals surface area (Å²) in [6.07, 6.45) is 0. The number of carbonyl (C=O) groups is 3. The topological polar surface area (TPSA) is 111 Å². The Hall–Kier alpha value is -4.14. The van der Waals surface area contributed by atoms with Crippen molar-refractivity contribution in [1.29, 1.82) is 0 Å². The van der Waals surface area contributed by atoms with E-state index in [1.54, 1.807) is 36.9 Å². The van der Waals surface area contributed by atoms with Gasteiger partial charge >= 0.3 is 0 Å². The third kappa shape index (κ3) is 4.77. The van der Waals surface area contributed by atoms with Crippen LogP contribution in [0.4, 0.5) is 11.4 Å². The lowest BCUT2D eigenvalue weighted by molar-refractivity contribution is -0.118. The van der Waals surface area contributed by atoms with E-state index >= 15 is 0 Å². The van der Waals surface area contributed by atoms with Gasteiger partial charge in [0.1, 0.15) is 11.4 Å². The van der Waals surface area contributed by atoms with Gasteiger partial charge in [-0.1, -0.05) is 18.2 Å². The smallest absolute Gasteiger partial charge is 0.295 e. The number of carbonyl (C=O) groups excluding carboxylic acids is 3. The molecule has 0 saturated heterocycles. The Morgan fingerprint density at radius 1 is 1.00 bits per heavy atom. The zero-order valence-electron chi connectivity index (χ0n) is 18.3. The molecule has 3 rings (SSSR count). The molecule has 3 aromatic rings. The highest BCUT2D eigenvalue weighted by Crippen LogP contribution is 2.26. The SMILES string of the molecule is CC(=O)Nc1ccc(C(C)=O)cc1OCC(=O)Nc1c(C)n(C)n(-c2ccccc2)c1=O.